The molecule has 0 aromatic carbocycles. The van der Waals surface area contributed by atoms with Gasteiger partial charge in [-0.15, -0.1) is 6.42 Å². The van der Waals surface area contributed by atoms with Gasteiger partial charge in [0.05, 0.1) is 12.6 Å². The molecule has 4 aliphatic rings. The molecule has 9 atom stereocenters. The number of terminal acetylenes is 1. The van der Waals surface area contributed by atoms with E-state index in [1.807, 2.05) is 0 Å². The Labute approximate surface area is 387 Å². The van der Waals surface area contributed by atoms with Gasteiger partial charge in [0.25, 0.3) is 0 Å². The Hall–Kier alpha value is -1.16. The topological polar surface area (TPSA) is 30.9 Å². The number of hydrogen-bond acceptors (Lipinski definition) is 4. The van der Waals surface area contributed by atoms with Crippen molar-refractivity contribution in [1.29, 1.82) is 0 Å². The fraction of sp³-hybridized carbons (Fsp3) is 0.860. The molecule has 0 aliphatic heterocycles. The minimum absolute atomic E-state index is 0.166. The van der Waals surface area contributed by atoms with Crippen molar-refractivity contribution in [3.63, 3.8) is 0 Å². The highest BCUT2D eigenvalue weighted by Crippen LogP contribution is 2.67. The van der Waals surface area contributed by atoms with Gasteiger partial charge in [0.2, 0.25) is 0 Å². The van der Waals surface area contributed by atoms with E-state index in [1.54, 1.807) is 5.57 Å². The van der Waals surface area contributed by atoms with Crippen LogP contribution in [0.15, 0.2) is 36.0 Å². The number of unbranched alkanes of at least 4 members (excludes halogenated alkanes) is 11. The first kappa shape index (κ1) is 53.5. The third-order valence-electron chi connectivity index (χ3n) is 16.7. The summed E-state index contributed by atoms with van der Waals surface area (Å²) < 4.78 is 20.6. The number of ether oxygens (including phenoxy) is 1. The fourth-order valence-electron chi connectivity index (χ4n) is 13.0. The van der Waals surface area contributed by atoms with Gasteiger partial charge in [0.1, 0.15) is 6.29 Å². The summed E-state index contributed by atoms with van der Waals surface area (Å²) in [5.41, 5.74) is 2.62. The lowest BCUT2D eigenvalue weighted by molar-refractivity contribution is -0.150. The first-order valence-corrected chi connectivity index (χ1v) is 29.7. The zero-order valence-electron chi connectivity index (χ0n) is 42.5. The Morgan fingerprint density at radius 2 is 1.52 bits per heavy atom. The van der Waals surface area contributed by atoms with Crippen LogP contribution in [0.5, 0.6) is 0 Å². The van der Waals surface area contributed by atoms with Crippen LogP contribution < -0.4 is 0 Å². The average molecular weight is 877 g/mol. The number of rotatable bonds is 32. The van der Waals surface area contributed by atoms with Gasteiger partial charge < -0.3 is 13.6 Å². The summed E-state index contributed by atoms with van der Waals surface area (Å²) in [5, 5.41) is 0. The van der Waals surface area contributed by atoms with Crippen LogP contribution in [-0.4, -0.2) is 52.6 Å². The molecule has 3 saturated carbocycles. The van der Waals surface area contributed by atoms with Crippen molar-refractivity contribution in [3.05, 3.63) is 36.0 Å². The second-order valence-corrected chi connectivity index (χ2v) is 25.8. The van der Waals surface area contributed by atoms with Gasteiger partial charge in [-0.3, -0.25) is 4.90 Å². The average Bonchev–Trinajstić information content (AvgIpc) is 3.59. The molecule has 0 radical (unpaired) electrons. The summed E-state index contributed by atoms with van der Waals surface area (Å²) in [6, 6.07) is 0. The third-order valence-corrected chi connectivity index (χ3v) is 18.4. The molecule has 0 aromatic rings. The van der Waals surface area contributed by atoms with Crippen LogP contribution in [0.1, 0.15) is 215 Å². The Bertz CT molecular complexity index is 1360. The van der Waals surface area contributed by atoms with Crippen LogP contribution in [0.25, 0.3) is 0 Å². The monoisotopic (exact) mass is 876 g/mol. The smallest absolute Gasteiger partial charge is 0.333 e. The van der Waals surface area contributed by atoms with Crippen LogP contribution in [0.2, 0.25) is 13.1 Å². The van der Waals surface area contributed by atoms with E-state index in [2.05, 4.69) is 103 Å². The van der Waals surface area contributed by atoms with Crippen LogP contribution in [0, 0.1) is 58.7 Å². The number of allylic oxidation sites excluding steroid dienone is 5. The van der Waals surface area contributed by atoms with Crippen LogP contribution in [-0.2, 0) is 13.6 Å². The van der Waals surface area contributed by atoms with Gasteiger partial charge in [-0.1, -0.05) is 148 Å². The summed E-state index contributed by atoms with van der Waals surface area (Å²) in [6.45, 7) is 22.1. The van der Waals surface area contributed by atoms with Gasteiger partial charge >= 0.3 is 8.56 Å². The molecule has 5 heteroatoms. The van der Waals surface area contributed by atoms with E-state index in [1.165, 1.54) is 135 Å². The largest absolute Gasteiger partial charge is 0.394 e. The number of nitrogens with zero attached hydrogens (tertiary/aromatic N) is 1. The van der Waals surface area contributed by atoms with Crippen molar-refractivity contribution < 1.29 is 13.6 Å². The van der Waals surface area contributed by atoms with E-state index >= 15 is 0 Å². The zero-order chi connectivity index (χ0) is 44.9. The minimum atomic E-state index is -2.36. The molecule has 0 saturated heterocycles. The van der Waals surface area contributed by atoms with E-state index in [0.717, 1.165) is 93.7 Å². The molecule has 0 spiro atoms. The molecular weight excluding hydrogens is 775 g/mol. The summed E-state index contributed by atoms with van der Waals surface area (Å²) in [5.74, 6) is 8.01. The highest BCUT2D eigenvalue weighted by atomic mass is 28.4. The molecule has 4 rings (SSSR count). The fourth-order valence-corrected chi connectivity index (χ4v) is 14.5. The molecule has 0 aromatic heterocycles. The maximum Gasteiger partial charge on any atom is 0.333 e. The van der Waals surface area contributed by atoms with Crippen molar-refractivity contribution in [2.75, 3.05) is 26.7 Å². The lowest BCUT2D eigenvalue weighted by atomic mass is 9.47. The lowest BCUT2D eigenvalue weighted by Crippen LogP contribution is -2.51. The number of fused-ring (bicyclic) bond motifs is 5. The molecule has 4 nitrogen and oxygen atoms in total. The zero-order valence-corrected chi connectivity index (χ0v) is 43.5. The minimum Gasteiger partial charge on any atom is -0.394 e. The van der Waals surface area contributed by atoms with Crippen molar-refractivity contribution in [1.82, 2.24) is 4.90 Å². The molecule has 9 unspecified atom stereocenters. The second-order valence-electron chi connectivity index (χ2n) is 22.5. The Kier molecular flexibility index (Phi) is 24.2. The highest BCUT2D eigenvalue weighted by Gasteiger charge is 2.59. The summed E-state index contributed by atoms with van der Waals surface area (Å²) in [7, 11) is -0.246. The summed E-state index contributed by atoms with van der Waals surface area (Å²) in [6.07, 6.45) is 52.1. The van der Waals surface area contributed by atoms with Crippen LogP contribution in [0.4, 0.5) is 0 Å². The normalized spacial score (nSPS) is 28.6. The van der Waals surface area contributed by atoms with Crippen molar-refractivity contribution in [2.24, 2.45) is 46.3 Å². The third kappa shape index (κ3) is 17.2. The SMILES string of the molecule is C#CCN(C)CCCCCCO[Si](C)(C)OC(CCCCCCC/C=C\C/C=C\CCCCC)OC1CCC2(C)C(=CCC3C2CCC2(C)C(C(C)CCCC(C)C)CCC32)C1. The Balaban J connectivity index is 1.28. The van der Waals surface area contributed by atoms with E-state index < -0.39 is 8.56 Å². The second kappa shape index (κ2) is 28.1. The predicted octanol–water partition coefficient (Wildman–Crippen LogP) is 16.4. The standard InChI is InChI=1S/C57H101NO3Si/c1-11-13-14-15-16-17-18-19-20-21-22-23-24-25-28-34-55(61-62(9,10)59-45-30-27-26-29-44-58(8)43-12-2)60-50-39-41-56(6)49(46-50)35-36-51-53-38-37-52(48(5)33-31-32-47(3)4)57(53,7)42-40-54(51)56/h2,16-17,19-20,35,47-48,50-55H,11,13-15,18,21-34,36-46H2,1,3-10H3/b17-16-,20-19-. The van der Waals surface area contributed by atoms with Crippen molar-refractivity contribution >= 4 is 8.56 Å². The molecule has 0 bridgehead atoms. The summed E-state index contributed by atoms with van der Waals surface area (Å²) in [4.78, 5) is 2.23. The van der Waals surface area contributed by atoms with Crippen LogP contribution >= 0.6 is 0 Å². The van der Waals surface area contributed by atoms with E-state index in [4.69, 9.17) is 20.0 Å². The molecule has 0 amide bonds. The van der Waals surface area contributed by atoms with E-state index in [0.29, 0.717) is 10.8 Å². The molecule has 356 valence electrons. The van der Waals surface area contributed by atoms with E-state index in [9.17, 15) is 0 Å². The lowest BCUT2D eigenvalue weighted by Gasteiger charge is -2.58. The van der Waals surface area contributed by atoms with Gasteiger partial charge in [-0.25, -0.2) is 0 Å². The predicted molar refractivity (Wildman–Crippen MR) is 270 cm³/mol. The highest BCUT2D eigenvalue weighted by molar-refractivity contribution is 6.64. The van der Waals surface area contributed by atoms with Gasteiger partial charge in [-0.2, -0.15) is 0 Å². The van der Waals surface area contributed by atoms with Gasteiger partial charge in [0, 0.05) is 6.61 Å². The molecule has 4 aliphatic carbocycles. The molecular formula is C57H101NO3Si. The molecule has 0 N–H and O–H groups in total. The van der Waals surface area contributed by atoms with Gasteiger partial charge in [-0.05, 0) is 182 Å². The molecule has 3 fully saturated rings. The van der Waals surface area contributed by atoms with Crippen molar-refractivity contribution in [2.45, 2.75) is 240 Å². The van der Waals surface area contributed by atoms with Crippen LogP contribution in [0.3, 0.4) is 0 Å². The first-order valence-electron chi connectivity index (χ1n) is 26.9. The molecule has 0 heterocycles. The number of hydrogen-bond donors (Lipinski definition) is 0. The maximum atomic E-state index is 7.11. The maximum absolute atomic E-state index is 7.11. The summed E-state index contributed by atoms with van der Waals surface area (Å²) >= 11 is 0. The quantitative estimate of drug-likeness (QED) is 0.0221. The Morgan fingerprint density at radius 3 is 2.26 bits per heavy atom. The molecule has 62 heavy (non-hydrogen) atoms. The first-order chi connectivity index (χ1) is 29.8. The van der Waals surface area contributed by atoms with Crippen molar-refractivity contribution in [3.8, 4) is 12.3 Å². The van der Waals surface area contributed by atoms with E-state index in [-0.39, 0.29) is 12.4 Å². The Morgan fingerprint density at radius 1 is 0.806 bits per heavy atom. The van der Waals surface area contributed by atoms with Gasteiger partial charge in [0.15, 0.2) is 0 Å².